The second-order valence-corrected chi connectivity index (χ2v) is 7.71. The second kappa shape index (κ2) is 7.96. The molecular formula is C21H26N2OS. The van der Waals surface area contributed by atoms with Crippen LogP contribution in [0.4, 0.5) is 5.69 Å². The molecule has 2 aromatic carbocycles. The van der Waals surface area contributed by atoms with Crippen molar-refractivity contribution in [3.63, 3.8) is 0 Å². The molecule has 3 nitrogen and oxygen atoms in total. The lowest BCUT2D eigenvalue weighted by Crippen LogP contribution is -2.49. The van der Waals surface area contributed by atoms with E-state index in [0.29, 0.717) is 5.75 Å². The topological polar surface area (TPSA) is 23.6 Å². The molecule has 1 fully saturated rings. The minimum absolute atomic E-state index is 0.247. The first-order valence-corrected chi connectivity index (χ1v) is 9.81. The molecule has 1 aliphatic heterocycles. The summed E-state index contributed by atoms with van der Waals surface area (Å²) in [5.41, 5.74) is 5.06. The van der Waals surface area contributed by atoms with Crippen molar-refractivity contribution >= 4 is 23.4 Å². The minimum Gasteiger partial charge on any atom is -0.368 e. The van der Waals surface area contributed by atoms with Crippen LogP contribution >= 0.6 is 11.8 Å². The van der Waals surface area contributed by atoms with Crippen LogP contribution in [0.2, 0.25) is 0 Å². The summed E-state index contributed by atoms with van der Waals surface area (Å²) in [6.45, 7) is 9.80. The summed E-state index contributed by atoms with van der Waals surface area (Å²) in [6.07, 6.45) is 0. The van der Waals surface area contributed by atoms with Crippen molar-refractivity contribution < 1.29 is 4.79 Å². The van der Waals surface area contributed by atoms with Crippen molar-refractivity contribution in [1.82, 2.24) is 4.90 Å². The molecule has 0 atom stereocenters. The fourth-order valence-electron chi connectivity index (χ4n) is 3.47. The van der Waals surface area contributed by atoms with E-state index in [0.717, 1.165) is 26.2 Å². The first-order chi connectivity index (χ1) is 12.0. The number of piperazine rings is 1. The standard InChI is InChI=1S/C21H26N2OS/c1-16-13-17(2)21(18(3)14-16)25-15-20(24)23-11-9-22(10-12-23)19-7-5-4-6-8-19/h4-8,13-14H,9-12,15H2,1-3H3. The molecule has 0 saturated carbocycles. The number of anilines is 1. The van der Waals surface area contributed by atoms with Crippen LogP contribution in [0.25, 0.3) is 0 Å². The van der Waals surface area contributed by atoms with E-state index in [2.05, 4.69) is 62.1 Å². The van der Waals surface area contributed by atoms with Crippen molar-refractivity contribution in [1.29, 1.82) is 0 Å². The van der Waals surface area contributed by atoms with Crippen LogP contribution in [-0.4, -0.2) is 42.7 Å². The largest absolute Gasteiger partial charge is 0.368 e. The van der Waals surface area contributed by atoms with Gasteiger partial charge in [0.15, 0.2) is 0 Å². The van der Waals surface area contributed by atoms with E-state index in [1.54, 1.807) is 11.8 Å². The van der Waals surface area contributed by atoms with E-state index < -0.39 is 0 Å². The Bertz CT molecular complexity index is 714. The highest BCUT2D eigenvalue weighted by atomic mass is 32.2. The molecule has 0 radical (unpaired) electrons. The predicted octanol–water partition coefficient (Wildman–Crippen LogP) is 4.05. The number of carbonyl (C=O) groups excluding carboxylic acids is 1. The molecule has 1 amide bonds. The molecule has 1 aliphatic rings. The number of carbonyl (C=O) groups is 1. The Morgan fingerprint density at radius 3 is 2.16 bits per heavy atom. The van der Waals surface area contributed by atoms with Gasteiger partial charge in [0.25, 0.3) is 0 Å². The van der Waals surface area contributed by atoms with Crippen LogP contribution in [0.1, 0.15) is 16.7 Å². The monoisotopic (exact) mass is 354 g/mol. The summed E-state index contributed by atoms with van der Waals surface area (Å²) in [6, 6.07) is 14.8. The van der Waals surface area contributed by atoms with E-state index in [4.69, 9.17) is 0 Å². The summed E-state index contributed by atoms with van der Waals surface area (Å²) in [7, 11) is 0. The first-order valence-electron chi connectivity index (χ1n) is 8.83. The van der Waals surface area contributed by atoms with Crippen LogP contribution in [-0.2, 0) is 4.79 Å². The van der Waals surface area contributed by atoms with Gasteiger partial charge >= 0.3 is 0 Å². The Morgan fingerprint density at radius 2 is 1.56 bits per heavy atom. The Balaban J connectivity index is 1.53. The molecule has 3 rings (SSSR count). The molecule has 4 heteroatoms. The minimum atomic E-state index is 0.247. The molecule has 132 valence electrons. The van der Waals surface area contributed by atoms with Crippen LogP contribution in [0.5, 0.6) is 0 Å². The Kier molecular flexibility index (Phi) is 5.69. The summed E-state index contributed by atoms with van der Waals surface area (Å²) >= 11 is 1.68. The van der Waals surface area contributed by atoms with Gasteiger partial charge in [-0.3, -0.25) is 4.79 Å². The fourth-order valence-corrected chi connectivity index (χ4v) is 4.50. The highest BCUT2D eigenvalue weighted by Gasteiger charge is 2.21. The van der Waals surface area contributed by atoms with Crippen molar-refractivity contribution in [2.45, 2.75) is 25.7 Å². The van der Waals surface area contributed by atoms with Crippen LogP contribution in [0.3, 0.4) is 0 Å². The average Bonchev–Trinajstić information content (AvgIpc) is 2.61. The lowest BCUT2D eigenvalue weighted by molar-refractivity contribution is -0.128. The maximum atomic E-state index is 12.6. The van der Waals surface area contributed by atoms with Gasteiger partial charge in [0, 0.05) is 36.8 Å². The highest BCUT2D eigenvalue weighted by molar-refractivity contribution is 8.00. The van der Waals surface area contributed by atoms with E-state index in [-0.39, 0.29) is 5.91 Å². The number of benzene rings is 2. The van der Waals surface area contributed by atoms with Gasteiger partial charge < -0.3 is 9.80 Å². The number of para-hydroxylation sites is 1. The molecule has 0 aromatic heterocycles. The van der Waals surface area contributed by atoms with Gasteiger partial charge in [-0.05, 0) is 44.0 Å². The zero-order valence-corrected chi connectivity index (χ0v) is 16.1. The number of amides is 1. The number of hydrogen-bond donors (Lipinski definition) is 0. The molecule has 25 heavy (non-hydrogen) atoms. The maximum absolute atomic E-state index is 12.6. The van der Waals surface area contributed by atoms with Crippen LogP contribution < -0.4 is 4.90 Å². The third-order valence-corrected chi connectivity index (χ3v) is 6.02. The van der Waals surface area contributed by atoms with Gasteiger partial charge in [-0.2, -0.15) is 0 Å². The maximum Gasteiger partial charge on any atom is 0.233 e. The third-order valence-electron chi connectivity index (χ3n) is 4.70. The van der Waals surface area contributed by atoms with Gasteiger partial charge in [-0.25, -0.2) is 0 Å². The molecular weight excluding hydrogens is 328 g/mol. The normalized spacial score (nSPS) is 14.7. The van der Waals surface area contributed by atoms with Gasteiger partial charge in [0.2, 0.25) is 5.91 Å². The third kappa shape index (κ3) is 4.37. The predicted molar refractivity (Wildman–Crippen MR) is 107 cm³/mol. The zero-order valence-electron chi connectivity index (χ0n) is 15.3. The number of nitrogens with zero attached hydrogens (tertiary/aromatic N) is 2. The van der Waals surface area contributed by atoms with Crippen molar-refractivity contribution in [2.24, 2.45) is 0 Å². The van der Waals surface area contributed by atoms with E-state index in [1.165, 1.54) is 27.3 Å². The molecule has 2 aromatic rings. The Hall–Kier alpha value is -1.94. The summed E-state index contributed by atoms with van der Waals surface area (Å²) in [4.78, 5) is 18.2. The molecule has 1 heterocycles. The SMILES string of the molecule is Cc1cc(C)c(SCC(=O)N2CCN(c3ccccc3)CC2)c(C)c1. The van der Waals surface area contributed by atoms with Crippen molar-refractivity contribution in [3.05, 3.63) is 59.2 Å². The number of thioether (sulfide) groups is 1. The first kappa shape index (κ1) is 17.9. The van der Waals surface area contributed by atoms with Gasteiger partial charge in [-0.1, -0.05) is 35.9 Å². The molecule has 0 N–H and O–H groups in total. The van der Waals surface area contributed by atoms with Crippen molar-refractivity contribution in [3.8, 4) is 0 Å². The second-order valence-electron chi connectivity index (χ2n) is 6.72. The zero-order chi connectivity index (χ0) is 17.8. The van der Waals surface area contributed by atoms with Crippen LogP contribution in [0.15, 0.2) is 47.4 Å². The van der Waals surface area contributed by atoms with E-state index in [9.17, 15) is 4.79 Å². The Labute approximate surface area is 155 Å². The molecule has 1 saturated heterocycles. The fraction of sp³-hybridized carbons (Fsp3) is 0.381. The van der Waals surface area contributed by atoms with Crippen molar-refractivity contribution in [2.75, 3.05) is 36.8 Å². The van der Waals surface area contributed by atoms with Gasteiger partial charge in [-0.15, -0.1) is 11.8 Å². The van der Waals surface area contributed by atoms with Crippen LogP contribution in [0, 0.1) is 20.8 Å². The lowest BCUT2D eigenvalue weighted by atomic mass is 10.1. The summed E-state index contributed by atoms with van der Waals surface area (Å²) < 4.78 is 0. The number of rotatable bonds is 4. The highest BCUT2D eigenvalue weighted by Crippen LogP contribution is 2.28. The quantitative estimate of drug-likeness (QED) is 0.774. The molecule has 0 spiro atoms. The average molecular weight is 355 g/mol. The summed E-state index contributed by atoms with van der Waals surface area (Å²) in [5, 5.41) is 0. The summed E-state index contributed by atoms with van der Waals surface area (Å²) in [5.74, 6) is 0.771. The number of hydrogen-bond acceptors (Lipinski definition) is 3. The van der Waals surface area contributed by atoms with E-state index in [1.807, 2.05) is 11.0 Å². The van der Waals surface area contributed by atoms with E-state index >= 15 is 0 Å². The smallest absolute Gasteiger partial charge is 0.233 e. The van der Waals surface area contributed by atoms with Gasteiger partial charge in [0.1, 0.15) is 0 Å². The molecule has 0 bridgehead atoms. The van der Waals surface area contributed by atoms with Gasteiger partial charge in [0.05, 0.1) is 5.75 Å². The lowest BCUT2D eigenvalue weighted by Gasteiger charge is -2.36. The molecule has 0 unspecified atom stereocenters. The Morgan fingerprint density at radius 1 is 0.960 bits per heavy atom. The number of aryl methyl sites for hydroxylation is 3. The molecule has 0 aliphatic carbocycles.